The van der Waals surface area contributed by atoms with Crippen LogP contribution in [0.1, 0.15) is 0 Å². The van der Waals surface area contributed by atoms with Gasteiger partial charge < -0.3 is 11.1 Å². The van der Waals surface area contributed by atoms with E-state index in [0.29, 0.717) is 12.1 Å². The molecule has 8 heavy (non-hydrogen) atoms. The molecule has 0 rings (SSSR count). The maximum absolute atomic E-state index is 9.55. The molecular formula is C5H8N2O. The van der Waals surface area contributed by atoms with E-state index in [1.165, 1.54) is 12.3 Å². The molecule has 0 aromatic carbocycles. The fourth-order valence-electron chi connectivity index (χ4n) is 0.194. The minimum absolute atomic E-state index is 0.416. The zero-order valence-electron chi connectivity index (χ0n) is 4.42. The van der Waals surface area contributed by atoms with Crippen LogP contribution < -0.4 is 11.1 Å². The zero-order chi connectivity index (χ0) is 6.41. The van der Waals surface area contributed by atoms with Gasteiger partial charge in [-0.1, -0.05) is 6.58 Å². The van der Waals surface area contributed by atoms with Crippen LogP contribution >= 0.6 is 0 Å². The number of hydrogen-bond donors (Lipinski definition) is 2. The fourth-order valence-corrected chi connectivity index (χ4v) is 0.194. The Kier molecular flexibility index (Phi) is 3.31. The van der Waals surface area contributed by atoms with Gasteiger partial charge in [-0.15, -0.1) is 0 Å². The summed E-state index contributed by atoms with van der Waals surface area (Å²) in [6, 6.07) is 0. The number of allylic oxidation sites excluding steroid dienone is 1. The summed E-state index contributed by atoms with van der Waals surface area (Å²) in [5.74, 6) is 0. The molecule has 0 aliphatic rings. The molecule has 3 nitrogen and oxygen atoms in total. The van der Waals surface area contributed by atoms with Gasteiger partial charge >= 0.3 is 0 Å². The molecule has 3 N–H and O–H groups in total. The first-order chi connectivity index (χ1) is 3.77. The third kappa shape index (κ3) is 4.75. The molecule has 0 aromatic heterocycles. The highest BCUT2D eigenvalue weighted by molar-refractivity contribution is 5.48. The third-order valence-electron chi connectivity index (χ3n) is 0.462. The Labute approximate surface area is 47.9 Å². The van der Waals surface area contributed by atoms with Crippen LogP contribution in [0.25, 0.3) is 0 Å². The molecule has 0 unspecified atom stereocenters. The topological polar surface area (TPSA) is 55.1 Å². The lowest BCUT2D eigenvalue weighted by Crippen LogP contribution is -2.00. The number of nitrogens with one attached hydrogen (secondary N) is 1. The molecule has 0 aliphatic carbocycles. The van der Waals surface area contributed by atoms with Crippen LogP contribution in [0.2, 0.25) is 0 Å². The maximum Gasteiger partial charge on any atom is 0.211 e. The van der Waals surface area contributed by atoms with Crippen molar-refractivity contribution in [2.75, 3.05) is 0 Å². The van der Waals surface area contributed by atoms with Gasteiger partial charge in [0.15, 0.2) is 0 Å². The van der Waals surface area contributed by atoms with Gasteiger partial charge in [0.25, 0.3) is 0 Å². The van der Waals surface area contributed by atoms with Gasteiger partial charge in [-0.05, 0) is 6.08 Å². The fraction of sp³-hybridized carbons (Fsp3) is 0. The number of nitrogens with two attached hydrogens (primary N) is 1. The SMILES string of the molecule is C=C(N)/C=C\NC=O. The van der Waals surface area contributed by atoms with E-state index in [4.69, 9.17) is 5.73 Å². The minimum atomic E-state index is 0.416. The van der Waals surface area contributed by atoms with Crippen LogP contribution in [0.15, 0.2) is 24.6 Å². The first-order valence-electron chi connectivity index (χ1n) is 2.08. The molecule has 0 aliphatic heterocycles. The number of carbonyl (C=O) groups excluding carboxylic acids is 1. The number of amides is 1. The molecule has 0 fully saturated rings. The van der Waals surface area contributed by atoms with E-state index in [1.54, 1.807) is 0 Å². The molecule has 0 heterocycles. The van der Waals surface area contributed by atoms with Gasteiger partial charge in [0, 0.05) is 11.9 Å². The molecule has 0 atom stereocenters. The number of rotatable bonds is 3. The Morgan fingerprint density at radius 1 is 1.75 bits per heavy atom. The number of carbonyl (C=O) groups is 1. The van der Waals surface area contributed by atoms with Crippen molar-refractivity contribution >= 4 is 6.41 Å². The van der Waals surface area contributed by atoms with Gasteiger partial charge in [0.2, 0.25) is 6.41 Å². The van der Waals surface area contributed by atoms with Gasteiger partial charge in [0.05, 0.1) is 0 Å². The molecule has 0 saturated carbocycles. The molecule has 0 bridgehead atoms. The van der Waals surface area contributed by atoms with Crippen LogP contribution in [0.5, 0.6) is 0 Å². The molecule has 1 amide bonds. The lowest BCUT2D eigenvalue weighted by Gasteiger charge is -1.83. The Morgan fingerprint density at radius 3 is 2.75 bits per heavy atom. The Morgan fingerprint density at radius 2 is 2.38 bits per heavy atom. The van der Waals surface area contributed by atoms with Crippen molar-refractivity contribution in [2.24, 2.45) is 5.73 Å². The summed E-state index contributed by atoms with van der Waals surface area (Å²) in [4.78, 5) is 9.55. The summed E-state index contributed by atoms with van der Waals surface area (Å²) in [7, 11) is 0. The van der Waals surface area contributed by atoms with E-state index in [1.807, 2.05) is 0 Å². The molecular weight excluding hydrogens is 104 g/mol. The van der Waals surface area contributed by atoms with Gasteiger partial charge in [-0.2, -0.15) is 0 Å². The lowest BCUT2D eigenvalue weighted by atomic mass is 10.5. The number of hydrogen-bond acceptors (Lipinski definition) is 2. The van der Waals surface area contributed by atoms with E-state index in [-0.39, 0.29) is 0 Å². The molecule has 0 radical (unpaired) electrons. The van der Waals surface area contributed by atoms with E-state index in [0.717, 1.165) is 0 Å². The largest absolute Gasteiger partial charge is 0.399 e. The van der Waals surface area contributed by atoms with Crippen molar-refractivity contribution in [3.8, 4) is 0 Å². The molecule has 3 heteroatoms. The average Bonchev–Trinajstić information content (AvgIpc) is 1.66. The second kappa shape index (κ2) is 3.92. The molecule has 44 valence electrons. The van der Waals surface area contributed by atoms with Crippen molar-refractivity contribution < 1.29 is 4.79 Å². The van der Waals surface area contributed by atoms with Crippen LogP contribution in [-0.2, 0) is 4.79 Å². The average molecular weight is 112 g/mol. The van der Waals surface area contributed by atoms with Gasteiger partial charge in [-0.3, -0.25) is 4.79 Å². The van der Waals surface area contributed by atoms with E-state index in [2.05, 4.69) is 11.9 Å². The Balaban J connectivity index is 3.34. The van der Waals surface area contributed by atoms with Crippen molar-refractivity contribution in [3.05, 3.63) is 24.6 Å². The summed E-state index contributed by atoms with van der Waals surface area (Å²) in [6.07, 6.45) is 3.46. The Bertz CT molecular complexity index is 118. The van der Waals surface area contributed by atoms with Crippen LogP contribution in [0.3, 0.4) is 0 Å². The first-order valence-corrected chi connectivity index (χ1v) is 2.08. The zero-order valence-corrected chi connectivity index (χ0v) is 4.42. The van der Waals surface area contributed by atoms with E-state index < -0.39 is 0 Å². The molecule has 0 saturated heterocycles. The summed E-state index contributed by atoms with van der Waals surface area (Å²) >= 11 is 0. The van der Waals surface area contributed by atoms with Crippen LogP contribution in [0, 0.1) is 0 Å². The highest BCUT2D eigenvalue weighted by Gasteiger charge is 1.69. The third-order valence-corrected chi connectivity index (χ3v) is 0.462. The Hall–Kier alpha value is -1.25. The first kappa shape index (κ1) is 6.75. The standard InChI is InChI=1S/C5H8N2O/c1-5(6)2-3-7-4-8/h2-4H,1,6H2,(H,7,8)/b3-2-. The predicted molar refractivity (Wildman–Crippen MR) is 31.7 cm³/mol. The van der Waals surface area contributed by atoms with E-state index in [9.17, 15) is 4.79 Å². The molecule has 0 aromatic rings. The lowest BCUT2D eigenvalue weighted by molar-refractivity contribution is -0.108. The van der Waals surface area contributed by atoms with E-state index >= 15 is 0 Å². The summed E-state index contributed by atoms with van der Waals surface area (Å²) in [6.45, 7) is 3.36. The van der Waals surface area contributed by atoms with Crippen molar-refractivity contribution in [2.45, 2.75) is 0 Å². The highest BCUT2D eigenvalue weighted by Crippen LogP contribution is 1.74. The van der Waals surface area contributed by atoms with Crippen molar-refractivity contribution in [1.29, 1.82) is 0 Å². The van der Waals surface area contributed by atoms with Crippen molar-refractivity contribution in [1.82, 2.24) is 5.32 Å². The second-order valence-corrected chi connectivity index (χ2v) is 1.19. The minimum Gasteiger partial charge on any atom is -0.399 e. The highest BCUT2D eigenvalue weighted by atomic mass is 16.1. The summed E-state index contributed by atoms with van der Waals surface area (Å²) in [5, 5.41) is 2.28. The van der Waals surface area contributed by atoms with Crippen LogP contribution in [0.4, 0.5) is 0 Å². The van der Waals surface area contributed by atoms with Gasteiger partial charge in [0.1, 0.15) is 0 Å². The van der Waals surface area contributed by atoms with Crippen molar-refractivity contribution in [3.63, 3.8) is 0 Å². The predicted octanol–water partition coefficient (Wildman–Crippen LogP) is -0.282. The monoisotopic (exact) mass is 112 g/mol. The summed E-state index contributed by atoms with van der Waals surface area (Å²) < 4.78 is 0. The molecule has 0 spiro atoms. The van der Waals surface area contributed by atoms with Gasteiger partial charge in [-0.25, -0.2) is 0 Å². The summed E-state index contributed by atoms with van der Waals surface area (Å²) in [5.41, 5.74) is 5.51. The second-order valence-electron chi connectivity index (χ2n) is 1.19. The van der Waals surface area contributed by atoms with Crippen LogP contribution in [-0.4, -0.2) is 6.41 Å². The quantitative estimate of drug-likeness (QED) is 0.389. The smallest absolute Gasteiger partial charge is 0.211 e. The maximum atomic E-state index is 9.55. The normalized spacial score (nSPS) is 9.00.